The van der Waals surface area contributed by atoms with Crippen molar-refractivity contribution in [1.82, 2.24) is 4.90 Å². The first kappa shape index (κ1) is 11.0. The van der Waals surface area contributed by atoms with Gasteiger partial charge in [-0.2, -0.15) is 0 Å². The first-order valence-electron chi connectivity index (χ1n) is 5.02. The van der Waals surface area contributed by atoms with E-state index in [-0.39, 0.29) is 17.8 Å². The van der Waals surface area contributed by atoms with Crippen molar-refractivity contribution in [3.8, 4) is 0 Å². The van der Waals surface area contributed by atoms with E-state index in [0.29, 0.717) is 13.0 Å². The van der Waals surface area contributed by atoms with Crippen LogP contribution in [0.4, 0.5) is 0 Å². The quantitative estimate of drug-likeness (QED) is 0.641. The van der Waals surface area contributed by atoms with Crippen molar-refractivity contribution in [1.29, 1.82) is 0 Å². The van der Waals surface area contributed by atoms with Crippen LogP contribution in [0.1, 0.15) is 33.6 Å². The summed E-state index contributed by atoms with van der Waals surface area (Å²) in [5.41, 5.74) is 0. The van der Waals surface area contributed by atoms with Gasteiger partial charge in [0.25, 0.3) is 0 Å². The minimum atomic E-state index is -0.417. The summed E-state index contributed by atoms with van der Waals surface area (Å²) in [6.45, 7) is 6.00. The molecule has 1 heterocycles. The van der Waals surface area contributed by atoms with Gasteiger partial charge in [0.15, 0.2) is 6.23 Å². The number of rotatable bonds is 3. The van der Waals surface area contributed by atoms with Crippen molar-refractivity contribution < 1.29 is 14.3 Å². The van der Waals surface area contributed by atoms with Crippen molar-refractivity contribution in [2.45, 2.75) is 39.8 Å². The molecule has 0 spiro atoms. The summed E-state index contributed by atoms with van der Waals surface area (Å²) < 4.78 is 5.13. The molecule has 1 amide bonds. The molecule has 80 valence electrons. The highest BCUT2D eigenvalue weighted by Crippen LogP contribution is 2.15. The van der Waals surface area contributed by atoms with Crippen molar-refractivity contribution in [2.24, 2.45) is 5.92 Å². The number of carbonyl (C=O) groups excluding carboxylic acids is 2. The fourth-order valence-corrected chi connectivity index (χ4v) is 1.42. The van der Waals surface area contributed by atoms with E-state index in [1.54, 1.807) is 25.7 Å². The van der Waals surface area contributed by atoms with Gasteiger partial charge < -0.3 is 9.64 Å². The highest BCUT2D eigenvalue weighted by atomic mass is 16.6. The lowest BCUT2D eigenvalue weighted by molar-refractivity contribution is -0.164. The van der Waals surface area contributed by atoms with Crippen molar-refractivity contribution in [3.05, 3.63) is 0 Å². The molecule has 1 saturated heterocycles. The number of ether oxygens (including phenoxy) is 1. The molecule has 1 fully saturated rings. The monoisotopic (exact) mass is 199 g/mol. The minimum absolute atomic E-state index is 0.0778. The molecule has 4 heteroatoms. The zero-order valence-electron chi connectivity index (χ0n) is 8.95. The van der Waals surface area contributed by atoms with Gasteiger partial charge in [0.2, 0.25) is 5.91 Å². The molecule has 0 aromatic heterocycles. The van der Waals surface area contributed by atoms with Crippen LogP contribution < -0.4 is 0 Å². The van der Waals surface area contributed by atoms with E-state index in [1.165, 1.54) is 0 Å². The third kappa shape index (κ3) is 2.47. The van der Waals surface area contributed by atoms with Gasteiger partial charge in [0, 0.05) is 13.0 Å². The second kappa shape index (κ2) is 4.44. The largest absolute Gasteiger partial charge is 0.442 e. The Morgan fingerprint density at radius 2 is 2.07 bits per heavy atom. The van der Waals surface area contributed by atoms with E-state index in [2.05, 4.69) is 0 Å². The number of carbonyl (C=O) groups is 2. The lowest BCUT2D eigenvalue weighted by Gasteiger charge is -2.24. The van der Waals surface area contributed by atoms with Gasteiger partial charge in [0.1, 0.15) is 0 Å². The summed E-state index contributed by atoms with van der Waals surface area (Å²) in [4.78, 5) is 24.2. The maximum atomic E-state index is 11.3. The Morgan fingerprint density at radius 1 is 1.43 bits per heavy atom. The second-order valence-corrected chi connectivity index (χ2v) is 3.88. The zero-order valence-corrected chi connectivity index (χ0v) is 8.95. The topological polar surface area (TPSA) is 46.6 Å². The maximum absolute atomic E-state index is 11.3. The van der Waals surface area contributed by atoms with Crippen molar-refractivity contribution >= 4 is 11.9 Å². The molecule has 1 unspecified atom stereocenters. The Kier molecular flexibility index (Phi) is 3.49. The molecule has 4 nitrogen and oxygen atoms in total. The fraction of sp³-hybridized carbons (Fsp3) is 0.800. The summed E-state index contributed by atoms with van der Waals surface area (Å²) in [6.07, 6.45) is 1.02. The third-order valence-electron chi connectivity index (χ3n) is 2.31. The number of hydrogen-bond donors (Lipinski definition) is 0. The molecule has 0 N–H and O–H groups in total. The maximum Gasteiger partial charge on any atom is 0.310 e. The van der Waals surface area contributed by atoms with Gasteiger partial charge >= 0.3 is 5.97 Å². The summed E-state index contributed by atoms with van der Waals surface area (Å²) in [7, 11) is 0. The SMILES string of the molecule is CC(C)C(=O)OC(C)N1CCCC1=O. The zero-order chi connectivity index (χ0) is 10.7. The molecule has 1 rings (SSSR count). The van der Waals surface area contributed by atoms with E-state index in [9.17, 15) is 9.59 Å². The van der Waals surface area contributed by atoms with E-state index >= 15 is 0 Å². The molecule has 1 aliphatic rings. The van der Waals surface area contributed by atoms with Crippen molar-refractivity contribution in [2.75, 3.05) is 6.54 Å². The molecular formula is C10H17NO3. The molecule has 1 aliphatic heterocycles. The predicted molar refractivity (Wildman–Crippen MR) is 51.3 cm³/mol. The van der Waals surface area contributed by atoms with Crippen LogP contribution in [0.25, 0.3) is 0 Å². The number of amides is 1. The lowest BCUT2D eigenvalue weighted by Crippen LogP contribution is -2.38. The van der Waals surface area contributed by atoms with E-state index < -0.39 is 6.23 Å². The number of hydrogen-bond acceptors (Lipinski definition) is 3. The number of likely N-dealkylation sites (tertiary alicyclic amines) is 1. The van der Waals surface area contributed by atoms with Crippen LogP contribution in [0.15, 0.2) is 0 Å². The van der Waals surface area contributed by atoms with Gasteiger partial charge in [-0.15, -0.1) is 0 Å². The smallest absolute Gasteiger partial charge is 0.310 e. The molecular weight excluding hydrogens is 182 g/mol. The average molecular weight is 199 g/mol. The summed E-state index contributed by atoms with van der Waals surface area (Å²) in [5.74, 6) is -0.318. The standard InChI is InChI=1S/C10H17NO3/c1-7(2)10(13)14-8(3)11-6-4-5-9(11)12/h7-8H,4-6H2,1-3H3. The molecule has 1 atom stereocenters. The van der Waals surface area contributed by atoms with E-state index in [1.807, 2.05) is 0 Å². The lowest BCUT2D eigenvalue weighted by atomic mass is 10.2. The van der Waals surface area contributed by atoms with Crippen LogP contribution >= 0.6 is 0 Å². The van der Waals surface area contributed by atoms with E-state index in [0.717, 1.165) is 6.42 Å². The second-order valence-electron chi connectivity index (χ2n) is 3.88. The van der Waals surface area contributed by atoms with Crippen molar-refractivity contribution in [3.63, 3.8) is 0 Å². The minimum Gasteiger partial charge on any atom is -0.442 e. The van der Waals surface area contributed by atoms with Crippen LogP contribution in [0.3, 0.4) is 0 Å². The first-order valence-corrected chi connectivity index (χ1v) is 5.02. The Balaban J connectivity index is 2.45. The first-order chi connectivity index (χ1) is 6.52. The third-order valence-corrected chi connectivity index (χ3v) is 2.31. The Labute approximate surface area is 84.2 Å². The van der Waals surface area contributed by atoms with Crippen LogP contribution in [0.2, 0.25) is 0 Å². The highest BCUT2D eigenvalue weighted by molar-refractivity contribution is 5.79. The molecule has 0 aromatic carbocycles. The number of nitrogens with zero attached hydrogens (tertiary/aromatic N) is 1. The Morgan fingerprint density at radius 3 is 2.50 bits per heavy atom. The summed E-state index contributed by atoms with van der Waals surface area (Å²) >= 11 is 0. The molecule has 0 aliphatic carbocycles. The van der Waals surface area contributed by atoms with Crippen LogP contribution in [-0.2, 0) is 14.3 Å². The van der Waals surface area contributed by atoms with E-state index in [4.69, 9.17) is 4.74 Å². The van der Waals surface area contributed by atoms with Crippen LogP contribution in [0, 0.1) is 5.92 Å². The fourth-order valence-electron chi connectivity index (χ4n) is 1.42. The average Bonchev–Trinajstić information content (AvgIpc) is 2.51. The normalized spacial score (nSPS) is 18.9. The molecule has 0 aromatic rings. The molecule has 0 saturated carbocycles. The number of esters is 1. The Bertz CT molecular complexity index is 238. The van der Waals surface area contributed by atoms with Gasteiger partial charge in [-0.3, -0.25) is 9.59 Å². The van der Waals surface area contributed by atoms with Gasteiger partial charge in [-0.25, -0.2) is 0 Å². The predicted octanol–water partition coefficient (Wildman–Crippen LogP) is 1.15. The van der Waals surface area contributed by atoms with Gasteiger partial charge in [-0.05, 0) is 13.3 Å². The molecule has 14 heavy (non-hydrogen) atoms. The van der Waals surface area contributed by atoms with Gasteiger partial charge in [0.05, 0.1) is 5.92 Å². The molecule has 0 bridgehead atoms. The van der Waals surface area contributed by atoms with Crippen LogP contribution in [-0.4, -0.2) is 29.5 Å². The molecule has 0 radical (unpaired) electrons. The highest BCUT2D eigenvalue weighted by Gasteiger charge is 2.27. The summed E-state index contributed by atoms with van der Waals surface area (Å²) in [5, 5.41) is 0. The van der Waals surface area contributed by atoms with Gasteiger partial charge in [-0.1, -0.05) is 13.8 Å². The summed E-state index contributed by atoms with van der Waals surface area (Å²) in [6, 6.07) is 0. The Hall–Kier alpha value is -1.06. The van der Waals surface area contributed by atoms with Crippen LogP contribution in [0.5, 0.6) is 0 Å².